The van der Waals surface area contributed by atoms with Crippen LogP contribution in [0.4, 0.5) is 0 Å². The molecule has 0 atom stereocenters. The fourth-order valence-electron chi connectivity index (χ4n) is 1.89. The number of carboxylic acids is 1. The van der Waals surface area contributed by atoms with E-state index in [-0.39, 0.29) is 82.8 Å². The Morgan fingerprint density at radius 2 is 1.55 bits per heavy atom. The van der Waals surface area contributed by atoms with Gasteiger partial charge in [-0.25, -0.2) is 0 Å². The van der Waals surface area contributed by atoms with Crippen LogP contribution in [-0.4, -0.2) is 87.7 Å². The number of carbonyl (C=O) groups is 2. The van der Waals surface area contributed by atoms with Gasteiger partial charge in [-0.3, -0.25) is 9.59 Å². The van der Waals surface area contributed by atoms with Crippen LogP contribution in [0.3, 0.4) is 0 Å². The van der Waals surface area contributed by atoms with Crippen molar-refractivity contribution in [3.05, 3.63) is 29.8 Å². The van der Waals surface area contributed by atoms with E-state index in [4.69, 9.17) is 5.11 Å². The van der Waals surface area contributed by atoms with Crippen LogP contribution in [0.15, 0.2) is 24.3 Å². The van der Waals surface area contributed by atoms with Gasteiger partial charge in [0.15, 0.2) is 0 Å². The van der Waals surface area contributed by atoms with E-state index in [0.717, 1.165) is 25.7 Å². The van der Waals surface area contributed by atoms with Crippen molar-refractivity contribution in [2.24, 2.45) is 0 Å². The number of carbonyl (C=O) groups excluding carboxylic acids is 1. The summed E-state index contributed by atoms with van der Waals surface area (Å²) in [5.74, 6) is -1.03. The Labute approximate surface area is 175 Å². The Morgan fingerprint density at radius 1 is 0.955 bits per heavy atom. The summed E-state index contributed by atoms with van der Waals surface area (Å²) in [7, 11) is 0. The third-order valence-corrected chi connectivity index (χ3v) is 3.00. The molecule has 0 bridgehead atoms. The SMILES string of the molecule is O=C(O)CCCCCCCNC(=O)c1ccccc1O.[NaH].[NaH]. The molecular formula is C15H23NNa2O4. The van der Waals surface area contributed by atoms with Crippen molar-refractivity contribution < 1.29 is 19.8 Å². The normalized spacial score (nSPS) is 9.27. The monoisotopic (exact) mass is 327 g/mol. The summed E-state index contributed by atoms with van der Waals surface area (Å²) in [6.07, 6.45) is 4.62. The second kappa shape index (κ2) is 14.5. The molecule has 0 aliphatic carbocycles. The minimum atomic E-state index is -0.750. The number of hydrogen-bond acceptors (Lipinski definition) is 3. The number of aromatic hydroxyl groups is 1. The van der Waals surface area contributed by atoms with Crippen molar-refractivity contribution in [1.82, 2.24) is 5.32 Å². The molecule has 22 heavy (non-hydrogen) atoms. The topological polar surface area (TPSA) is 86.6 Å². The zero-order chi connectivity index (χ0) is 14.8. The molecule has 1 amide bonds. The van der Waals surface area contributed by atoms with Crippen LogP contribution in [0.25, 0.3) is 0 Å². The number of unbranched alkanes of at least 4 members (excludes halogenated alkanes) is 4. The fraction of sp³-hybridized carbons (Fsp3) is 0.467. The first-order chi connectivity index (χ1) is 9.61. The number of rotatable bonds is 9. The van der Waals surface area contributed by atoms with Crippen LogP contribution < -0.4 is 5.32 Å². The molecule has 5 nitrogen and oxygen atoms in total. The first kappa shape index (κ1) is 24.2. The van der Waals surface area contributed by atoms with E-state index in [1.54, 1.807) is 18.2 Å². The molecule has 0 radical (unpaired) electrons. The van der Waals surface area contributed by atoms with Gasteiger partial charge in [-0.15, -0.1) is 0 Å². The average molecular weight is 327 g/mol. The van der Waals surface area contributed by atoms with E-state index in [1.807, 2.05) is 0 Å². The molecule has 114 valence electrons. The number of phenols is 1. The molecule has 3 N–H and O–H groups in total. The average Bonchev–Trinajstić information content (AvgIpc) is 2.41. The second-order valence-electron chi connectivity index (χ2n) is 4.68. The molecule has 0 spiro atoms. The predicted octanol–water partition coefficient (Wildman–Crippen LogP) is 1.25. The number of benzene rings is 1. The van der Waals surface area contributed by atoms with Gasteiger partial charge in [-0.1, -0.05) is 31.4 Å². The number of nitrogens with one attached hydrogen (secondary N) is 1. The van der Waals surface area contributed by atoms with Crippen LogP contribution >= 0.6 is 0 Å². The molecule has 0 aliphatic heterocycles. The van der Waals surface area contributed by atoms with Gasteiger partial charge in [-0.05, 0) is 25.0 Å². The van der Waals surface area contributed by atoms with Gasteiger partial charge >= 0.3 is 65.1 Å². The number of aliphatic carboxylic acids is 1. The van der Waals surface area contributed by atoms with Crippen molar-refractivity contribution in [2.45, 2.75) is 38.5 Å². The standard InChI is InChI=1S/C15H21NO4.2Na.2H/c17-13-9-6-5-8-12(13)15(20)16-11-7-3-1-2-4-10-14(18)19;;;;/h5-6,8-9,17H,1-4,7,10-11H2,(H,16,20)(H,18,19);;;;. The Balaban J connectivity index is 0. The van der Waals surface area contributed by atoms with E-state index >= 15 is 0 Å². The third-order valence-electron chi connectivity index (χ3n) is 3.00. The molecule has 0 heterocycles. The predicted molar refractivity (Wildman–Crippen MR) is 90.1 cm³/mol. The maximum atomic E-state index is 11.7. The molecule has 0 aliphatic rings. The molecule has 0 aromatic heterocycles. The molecule has 1 aromatic rings. The van der Waals surface area contributed by atoms with Crippen molar-refractivity contribution in [3.63, 3.8) is 0 Å². The minimum absolute atomic E-state index is 0. The third kappa shape index (κ3) is 10.6. The zero-order valence-electron chi connectivity index (χ0n) is 11.5. The van der Waals surface area contributed by atoms with Gasteiger partial charge < -0.3 is 15.5 Å². The first-order valence-corrected chi connectivity index (χ1v) is 6.89. The van der Waals surface area contributed by atoms with Crippen LogP contribution in [0, 0.1) is 0 Å². The van der Waals surface area contributed by atoms with Gasteiger partial charge in [0.1, 0.15) is 5.75 Å². The van der Waals surface area contributed by atoms with Crippen LogP contribution in [0.2, 0.25) is 0 Å². The Kier molecular flexibility index (Phi) is 16.0. The summed E-state index contributed by atoms with van der Waals surface area (Å²) >= 11 is 0. The number of carboxylic acid groups (broad SMARTS) is 1. The van der Waals surface area contributed by atoms with E-state index in [0.29, 0.717) is 13.0 Å². The van der Waals surface area contributed by atoms with E-state index in [1.165, 1.54) is 6.07 Å². The van der Waals surface area contributed by atoms with Gasteiger partial charge in [0.2, 0.25) is 0 Å². The van der Waals surface area contributed by atoms with Crippen molar-refractivity contribution in [2.75, 3.05) is 6.54 Å². The molecule has 0 saturated heterocycles. The van der Waals surface area contributed by atoms with Crippen molar-refractivity contribution in [3.8, 4) is 5.75 Å². The Hall–Kier alpha value is -0.0400. The van der Waals surface area contributed by atoms with Crippen molar-refractivity contribution >= 4 is 71.0 Å². The molecule has 0 saturated carbocycles. The van der Waals surface area contributed by atoms with E-state index in [9.17, 15) is 14.7 Å². The summed E-state index contributed by atoms with van der Waals surface area (Å²) < 4.78 is 0. The van der Waals surface area contributed by atoms with E-state index < -0.39 is 5.97 Å². The first-order valence-electron chi connectivity index (χ1n) is 6.89. The number of phenolic OH excluding ortho intramolecular Hbond substituents is 1. The molecule has 7 heteroatoms. The summed E-state index contributed by atoms with van der Waals surface area (Å²) in [5, 5.41) is 20.8. The van der Waals surface area contributed by atoms with E-state index in [2.05, 4.69) is 5.32 Å². The number of para-hydroxylation sites is 1. The fourth-order valence-corrected chi connectivity index (χ4v) is 1.89. The number of amides is 1. The van der Waals surface area contributed by atoms with Gasteiger partial charge in [0.05, 0.1) is 5.56 Å². The Morgan fingerprint density at radius 3 is 2.18 bits per heavy atom. The number of hydrogen-bond donors (Lipinski definition) is 3. The van der Waals surface area contributed by atoms with Crippen LogP contribution in [-0.2, 0) is 4.79 Å². The Bertz CT molecular complexity index is 455. The van der Waals surface area contributed by atoms with Crippen molar-refractivity contribution in [1.29, 1.82) is 0 Å². The van der Waals surface area contributed by atoms with Crippen LogP contribution in [0.1, 0.15) is 48.9 Å². The van der Waals surface area contributed by atoms with Crippen LogP contribution in [0.5, 0.6) is 5.75 Å². The summed E-state index contributed by atoms with van der Waals surface area (Å²) in [4.78, 5) is 22.0. The van der Waals surface area contributed by atoms with Gasteiger partial charge in [0.25, 0.3) is 5.91 Å². The quantitative estimate of drug-likeness (QED) is 0.471. The molecule has 0 unspecified atom stereocenters. The summed E-state index contributed by atoms with van der Waals surface area (Å²) in [6.45, 7) is 0.562. The molecule has 0 fully saturated rings. The maximum absolute atomic E-state index is 11.7. The zero-order valence-corrected chi connectivity index (χ0v) is 11.5. The molecule has 1 rings (SSSR count). The molecular weight excluding hydrogens is 304 g/mol. The summed E-state index contributed by atoms with van der Waals surface area (Å²) in [5.41, 5.74) is 0.286. The van der Waals surface area contributed by atoms with Gasteiger partial charge in [-0.2, -0.15) is 0 Å². The second-order valence-corrected chi connectivity index (χ2v) is 4.68. The van der Waals surface area contributed by atoms with Gasteiger partial charge in [0, 0.05) is 13.0 Å². The summed E-state index contributed by atoms with van der Waals surface area (Å²) in [6, 6.07) is 6.44. The molecule has 1 aromatic carbocycles.